The summed E-state index contributed by atoms with van der Waals surface area (Å²) in [5, 5.41) is 15.9. The summed E-state index contributed by atoms with van der Waals surface area (Å²) in [6.07, 6.45) is 5.92. The Bertz CT molecular complexity index is 1070. The molecule has 0 bridgehead atoms. The van der Waals surface area contributed by atoms with Crippen LogP contribution in [0.5, 0.6) is 0 Å². The van der Waals surface area contributed by atoms with Gasteiger partial charge in [0.05, 0.1) is 24.7 Å². The number of hydrogen-bond donors (Lipinski definition) is 3. The van der Waals surface area contributed by atoms with E-state index >= 15 is 0 Å². The normalized spacial score (nSPS) is 22.3. The van der Waals surface area contributed by atoms with Crippen LogP contribution in [0.15, 0.2) is 11.6 Å². The number of carbonyl (C=O) groups is 4. The number of nitrogens with zero attached hydrogens (tertiary/aromatic N) is 3. The average molecular weight is 634 g/mol. The molecule has 10 nitrogen and oxygen atoms in total. The van der Waals surface area contributed by atoms with Gasteiger partial charge in [0.1, 0.15) is 12.1 Å². The Kier molecular flexibility index (Phi) is 13.7. The Morgan fingerprint density at radius 1 is 0.867 bits per heavy atom. The molecule has 0 unspecified atom stereocenters. The zero-order valence-electron chi connectivity index (χ0n) is 30.2. The number of carbonyl (C=O) groups excluding carboxylic acids is 4. The summed E-state index contributed by atoms with van der Waals surface area (Å²) in [6.45, 7) is 22.8. The molecule has 45 heavy (non-hydrogen) atoms. The molecule has 5 atom stereocenters. The summed E-state index contributed by atoms with van der Waals surface area (Å²) in [5.41, 5.74) is -0.401. The second-order valence-corrected chi connectivity index (χ2v) is 16.0. The van der Waals surface area contributed by atoms with Crippen LogP contribution in [0.25, 0.3) is 0 Å². The minimum Gasteiger partial charge on any atom is -0.394 e. The third-order valence-corrected chi connectivity index (χ3v) is 9.51. The highest BCUT2D eigenvalue weighted by Gasteiger charge is 2.41. The molecule has 0 radical (unpaired) electrons. The van der Waals surface area contributed by atoms with E-state index in [4.69, 9.17) is 0 Å². The van der Waals surface area contributed by atoms with Crippen molar-refractivity contribution in [2.45, 2.75) is 145 Å². The van der Waals surface area contributed by atoms with Gasteiger partial charge in [-0.2, -0.15) is 0 Å². The summed E-state index contributed by atoms with van der Waals surface area (Å²) in [7, 11) is 1.74. The van der Waals surface area contributed by atoms with E-state index in [1.54, 1.807) is 23.8 Å². The first kappa shape index (κ1) is 38.7. The highest BCUT2D eigenvalue weighted by molar-refractivity contribution is 5.97. The van der Waals surface area contributed by atoms with E-state index < -0.39 is 29.6 Å². The van der Waals surface area contributed by atoms with Crippen molar-refractivity contribution in [1.29, 1.82) is 0 Å². The molecule has 0 aromatic heterocycles. The molecule has 4 amide bonds. The number of nitrogens with one attached hydrogen (secondary N) is 2. The van der Waals surface area contributed by atoms with Gasteiger partial charge in [-0.25, -0.2) is 0 Å². The summed E-state index contributed by atoms with van der Waals surface area (Å²) in [6, 6.07) is -2.21. The van der Waals surface area contributed by atoms with Gasteiger partial charge in [-0.15, -0.1) is 0 Å². The third kappa shape index (κ3) is 10.0. The van der Waals surface area contributed by atoms with Gasteiger partial charge < -0.3 is 25.5 Å². The molecule has 2 saturated heterocycles. The maximum absolute atomic E-state index is 14.1. The molecule has 2 aliphatic rings. The van der Waals surface area contributed by atoms with Crippen molar-refractivity contribution in [3.05, 3.63) is 11.6 Å². The number of piperidine rings is 1. The molecule has 2 rings (SSSR count). The fourth-order valence-electron chi connectivity index (χ4n) is 6.48. The number of amides is 4. The highest BCUT2D eigenvalue weighted by Crippen LogP contribution is 2.27. The molecule has 2 fully saturated rings. The van der Waals surface area contributed by atoms with Crippen LogP contribution in [0.1, 0.15) is 108 Å². The van der Waals surface area contributed by atoms with Gasteiger partial charge >= 0.3 is 0 Å². The van der Waals surface area contributed by atoms with Gasteiger partial charge in [0.25, 0.3) is 0 Å². The molecule has 0 spiro atoms. The molecule has 0 aromatic rings. The Morgan fingerprint density at radius 2 is 1.44 bits per heavy atom. The van der Waals surface area contributed by atoms with E-state index in [1.807, 2.05) is 61.5 Å². The van der Waals surface area contributed by atoms with Crippen molar-refractivity contribution in [3.8, 4) is 0 Å². The predicted octanol–water partition coefficient (Wildman–Crippen LogP) is 3.72. The Labute approximate surface area is 272 Å². The Hall–Kier alpha value is -2.46. The number of likely N-dealkylation sites (N-methyl/N-ethyl adjacent to an activating group) is 1. The summed E-state index contributed by atoms with van der Waals surface area (Å²) >= 11 is 0. The van der Waals surface area contributed by atoms with Crippen molar-refractivity contribution < 1.29 is 24.3 Å². The van der Waals surface area contributed by atoms with E-state index in [1.165, 1.54) is 0 Å². The van der Waals surface area contributed by atoms with E-state index in [0.717, 1.165) is 25.8 Å². The lowest BCUT2D eigenvalue weighted by Gasteiger charge is -2.41. The molecule has 2 heterocycles. The molecule has 258 valence electrons. The SMILES string of the molecule is C/C(=C\[C@H](C(C)C)N(C)C(=O)[C@@H](NC(=O)[C@H]1CCCCN1C(C)C)C(C)(C)C)C(=O)N1CCC[C@H]1C(=O)N[C@H](CO)C(C)(C)C. The quantitative estimate of drug-likeness (QED) is 0.298. The lowest BCUT2D eigenvalue weighted by molar-refractivity contribution is -0.142. The summed E-state index contributed by atoms with van der Waals surface area (Å²) in [4.78, 5) is 60.2. The fourth-order valence-corrected chi connectivity index (χ4v) is 6.48. The zero-order valence-corrected chi connectivity index (χ0v) is 30.2. The summed E-state index contributed by atoms with van der Waals surface area (Å²) in [5.74, 6) is -0.812. The topological polar surface area (TPSA) is 122 Å². The first-order chi connectivity index (χ1) is 20.7. The van der Waals surface area contributed by atoms with Gasteiger partial charge in [0, 0.05) is 25.2 Å². The molecular weight excluding hydrogens is 570 g/mol. The van der Waals surface area contributed by atoms with Crippen molar-refractivity contribution in [1.82, 2.24) is 25.3 Å². The van der Waals surface area contributed by atoms with Crippen molar-refractivity contribution in [3.63, 3.8) is 0 Å². The Balaban J connectivity index is 2.27. The maximum atomic E-state index is 14.1. The van der Waals surface area contributed by atoms with Gasteiger partial charge in [-0.05, 0) is 69.7 Å². The van der Waals surface area contributed by atoms with Crippen molar-refractivity contribution in [2.24, 2.45) is 16.7 Å². The molecule has 0 saturated carbocycles. The van der Waals surface area contributed by atoms with Gasteiger partial charge in [0.15, 0.2) is 0 Å². The van der Waals surface area contributed by atoms with Gasteiger partial charge in [-0.3, -0.25) is 24.1 Å². The minimum absolute atomic E-state index is 0.0115. The molecule has 10 heteroatoms. The first-order valence-corrected chi connectivity index (χ1v) is 17.0. The second kappa shape index (κ2) is 15.9. The molecule has 2 aliphatic heterocycles. The average Bonchev–Trinajstić information content (AvgIpc) is 3.44. The lowest BCUT2D eigenvalue weighted by atomic mass is 9.84. The highest BCUT2D eigenvalue weighted by atomic mass is 16.3. The van der Waals surface area contributed by atoms with Crippen molar-refractivity contribution >= 4 is 23.6 Å². The number of likely N-dealkylation sites (tertiary alicyclic amines) is 2. The third-order valence-electron chi connectivity index (χ3n) is 9.51. The fraction of sp³-hybridized carbons (Fsp3) is 0.829. The van der Waals surface area contributed by atoms with Crippen LogP contribution in [-0.4, -0.2) is 106 Å². The maximum Gasteiger partial charge on any atom is 0.249 e. The van der Waals surface area contributed by atoms with E-state index in [0.29, 0.717) is 25.0 Å². The smallest absolute Gasteiger partial charge is 0.249 e. The molecule has 0 aliphatic carbocycles. The predicted molar refractivity (Wildman–Crippen MR) is 179 cm³/mol. The second-order valence-electron chi connectivity index (χ2n) is 16.0. The van der Waals surface area contributed by atoms with Crippen molar-refractivity contribution in [2.75, 3.05) is 26.7 Å². The Morgan fingerprint density at radius 3 is 1.96 bits per heavy atom. The lowest BCUT2D eigenvalue weighted by Crippen LogP contribution is -2.60. The largest absolute Gasteiger partial charge is 0.394 e. The number of hydrogen-bond acceptors (Lipinski definition) is 6. The standard InChI is InChI=1S/C35H63N5O5/c1-22(2)27(20-24(5)32(44)40-19-15-17-26(40)30(42)36-28(21-41)34(6,7)8)38(12)33(45)29(35(9,10)11)37-31(43)25-16-13-14-18-39(25)23(3)4/h20,22-23,25-29,41H,13-19,21H2,1-12H3,(H,36,42)(H,37,43)/b24-20+/t25-,26+,27-,28-,29-/m1/s1. The van der Waals surface area contributed by atoms with Crippen LogP contribution in [0, 0.1) is 16.7 Å². The van der Waals surface area contributed by atoms with E-state index in [9.17, 15) is 24.3 Å². The van der Waals surface area contributed by atoms with Crippen LogP contribution in [0.4, 0.5) is 0 Å². The monoisotopic (exact) mass is 633 g/mol. The van der Waals surface area contributed by atoms with E-state index in [2.05, 4.69) is 29.4 Å². The van der Waals surface area contributed by atoms with E-state index in [-0.39, 0.29) is 53.7 Å². The van der Waals surface area contributed by atoms with Crippen LogP contribution < -0.4 is 10.6 Å². The minimum atomic E-state index is -0.745. The van der Waals surface area contributed by atoms with Crippen LogP contribution in [-0.2, 0) is 19.2 Å². The van der Waals surface area contributed by atoms with Crippen LogP contribution in [0.2, 0.25) is 0 Å². The molecule has 0 aromatic carbocycles. The van der Waals surface area contributed by atoms with Crippen LogP contribution in [0.3, 0.4) is 0 Å². The van der Waals surface area contributed by atoms with Gasteiger partial charge in [-0.1, -0.05) is 67.9 Å². The zero-order chi connectivity index (χ0) is 34.4. The summed E-state index contributed by atoms with van der Waals surface area (Å²) < 4.78 is 0. The number of aliphatic hydroxyl groups excluding tert-OH is 1. The first-order valence-electron chi connectivity index (χ1n) is 17.0. The number of aliphatic hydroxyl groups is 1. The molecule has 3 N–H and O–H groups in total. The number of rotatable bonds is 11. The molecular formula is C35H63N5O5. The van der Waals surface area contributed by atoms with Gasteiger partial charge in [0.2, 0.25) is 23.6 Å². The van der Waals surface area contributed by atoms with Crippen LogP contribution >= 0.6 is 0 Å².